The Bertz CT molecular complexity index is 543. The van der Waals surface area contributed by atoms with Crippen molar-refractivity contribution in [1.82, 2.24) is 5.32 Å². The number of fused-ring (bicyclic) bond motifs is 1. The van der Waals surface area contributed by atoms with Gasteiger partial charge in [-0.15, -0.1) is 0 Å². The summed E-state index contributed by atoms with van der Waals surface area (Å²) in [6, 6.07) is 0. The topological polar surface area (TPSA) is 78.9 Å². The van der Waals surface area contributed by atoms with E-state index in [1.165, 1.54) is 44.3 Å². The molecule has 0 radical (unpaired) electrons. The number of aliphatic hydroxyl groups excluding tert-OH is 1. The van der Waals surface area contributed by atoms with Crippen LogP contribution in [0.15, 0.2) is 36.1 Å². The van der Waals surface area contributed by atoms with Gasteiger partial charge in [0.25, 0.3) is 0 Å². The summed E-state index contributed by atoms with van der Waals surface area (Å²) < 4.78 is 5.05. The minimum Gasteiger partial charge on any atom is -0.386 e. The number of nitrogens with one attached hydrogen (secondary N) is 1. The molecule has 1 heterocycles. The van der Waals surface area contributed by atoms with Crippen LogP contribution in [0.5, 0.6) is 0 Å². The number of ether oxygens (including phenoxy) is 1. The van der Waals surface area contributed by atoms with Crippen LogP contribution in [0.2, 0.25) is 0 Å². The zero-order valence-electron chi connectivity index (χ0n) is 12.4. The summed E-state index contributed by atoms with van der Waals surface area (Å²) in [7, 11) is 0. The number of Topliss-reactive ketones (excluding diaryl/α,β-unsaturated/α-hetero) is 1. The highest BCUT2D eigenvalue weighted by Gasteiger charge is 2.53. The average Bonchev–Trinajstić information content (AvgIpc) is 3.31. The molecule has 118 valence electrons. The van der Waals surface area contributed by atoms with Crippen molar-refractivity contribution >= 4 is 11.7 Å². The highest BCUT2D eigenvalue weighted by Crippen LogP contribution is 2.33. The Kier molecular flexibility index (Phi) is 4.55. The lowest BCUT2D eigenvalue weighted by Gasteiger charge is -2.17. The highest BCUT2D eigenvalue weighted by atomic mass is 16.6. The molecular formula is C17H21NO4. The lowest BCUT2D eigenvalue weighted by atomic mass is 9.89. The molecule has 0 spiro atoms. The molecule has 3 atom stereocenters. The first-order valence-corrected chi connectivity index (χ1v) is 7.90. The van der Waals surface area contributed by atoms with Crippen LogP contribution in [0.4, 0.5) is 0 Å². The molecule has 5 heteroatoms. The third-order valence-corrected chi connectivity index (χ3v) is 4.37. The smallest absolute Gasteiger partial charge is 0.248 e. The Hall–Kier alpha value is -1.72. The number of ketones is 1. The number of epoxide rings is 1. The van der Waals surface area contributed by atoms with Gasteiger partial charge in [-0.1, -0.05) is 37.5 Å². The summed E-state index contributed by atoms with van der Waals surface area (Å²) in [6.45, 7) is 0. The van der Waals surface area contributed by atoms with Gasteiger partial charge in [0.15, 0.2) is 6.10 Å². The Morgan fingerprint density at radius 1 is 1.27 bits per heavy atom. The molecule has 2 N–H and O–H groups in total. The molecule has 1 aliphatic heterocycles. The molecule has 1 amide bonds. The van der Waals surface area contributed by atoms with Gasteiger partial charge >= 0.3 is 0 Å². The molecule has 0 aromatic heterocycles. The lowest BCUT2D eigenvalue weighted by molar-refractivity contribution is -0.121. The second kappa shape index (κ2) is 6.58. The predicted octanol–water partition coefficient (Wildman–Crippen LogP) is 1.39. The number of carbonyl (C=O) groups excluding carboxylic acids is 2. The Morgan fingerprint density at radius 2 is 2.05 bits per heavy atom. The van der Waals surface area contributed by atoms with Gasteiger partial charge in [-0.05, 0) is 24.8 Å². The average molecular weight is 303 g/mol. The molecule has 2 fully saturated rings. The minimum absolute atomic E-state index is 0.122. The molecule has 3 aliphatic rings. The molecule has 0 aromatic rings. The maximum Gasteiger partial charge on any atom is 0.248 e. The number of aliphatic hydroxyl groups is 1. The first kappa shape index (κ1) is 15.2. The fourth-order valence-electron chi connectivity index (χ4n) is 3.06. The standard InChI is InChI=1S/C17H21NO4/c19-13-10-12(15(21)17-16(13)22-17)18-14(20)9-5-4-8-11-6-2-1-3-7-11/h4-5,8-11,13,16-17,19H,1-3,6-7H2,(H,18,20)/b8-4+,9-5+. The Morgan fingerprint density at radius 3 is 2.82 bits per heavy atom. The molecule has 3 rings (SSSR count). The van der Waals surface area contributed by atoms with Crippen LogP contribution in [0.1, 0.15) is 32.1 Å². The summed E-state index contributed by atoms with van der Waals surface area (Å²) in [5.41, 5.74) is 0.122. The van der Waals surface area contributed by atoms with E-state index < -0.39 is 18.3 Å². The number of hydrogen-bond acceptors (Lipinski definition) is 4. The largest absolute Gasteiger partial charge is 0.386 e. The van der Waals surface area contributed by atoms with Crippen LogP contribution in [-0.4, -0.2) is 35.1 Å². The van der Waals surface area contributed by atoms with Gasteiger partial charge in [0.05, 0.1) is 5.70 Å². The van der Waals surface area contributed by atoms with Crippen molar-refractivity contribution in [2.45, 2.75) is 50.4 Å². The van der Waals surface area contributed by atoms with Crippen molar-refractivity contribution in [3.05, 3.63) is 36.1 Å². The van der Waals surface area contributed by atoms with Crippen LogP contribution in [0.3, 0.4) is 0 Å². The molecule has 3 unspecified atom stereocenters. The summed E-state index contributed by atoms with van der Waals surface area (Å²) in [5, 5.41) is 12.2. The molecule has 0 bridgehead atoms. The van der Waals surface area contributed by atoms with Crippen LogP contribution in [-0.2, 0) is 14.3 Å². The third kappa shape index (κ3) is 3.54. The maximum atomic E-state index is 11.8. The monoisotopic (exact) mass is 303 g/mol. The van der Waals surface area contributed by atoms with Crippen molar-refractivity contribution in [3.63, 3.8) is 0 Å². The second-order valence-electron chi connectivity index (χ2n) is 6.09. The highest BCUT2D eigenvalue weighted by molar-refractivity contribution is 6.06. The zero-order valence-corrected chi connectivity index (χ0v) is 12.4. The lowest BCUT2D eigenvalue weighted by Crippen LogP contribution is -2.35. The van der Waals surface area contributed by atoms with Crippen LogP contribution in [0, 0.1) is 5.92 Å². The molecule has 0 aromatic carbocycles. The molecule has 2 aliphatic carbocycles. The predicted molar refractivity (Wildman–Crippen MR) is 80.8 cm³/mol. The Balaban J connectivity index is 1.48. The number of rotatable bonds is 4. The van der Waals surface area contributed by atoms with E-state index in [9.17, 15) is 14.7 Å². The van der Waals surface area contributed by atoms with E-state index in [1.54, 1.807) is 6.08 Å². The van der Waals surface area contributed by atoms with E-state index in [2.05, 4.69) is 11.4 Å². The van der Waals surface area contributed by atoms with Crippen LogP contribution < -0.4 is 5.32 Å². The summed E-state index contributed by atoms with van der Waals surface area (Å²) in [4.78, 5) is 23.6. The van der Waals surface area contributed by atoms with Gasteiger partial charge in [-0.3, -0.25) is 9.59 Å². The van der Waals surface area contributed by atoms with Gasteiger partial charge in [-0.25, -0.2) is 0 Å². The van der Waals surface area contributed by atoms with E-state index in [0.717, 1.165) is 0 Å². The molecule has 22 heavy (non-hydrogen) atoms. The van der Waals surface area contributed by atoms with Gasteiger partial charge in [0.1, 0.15) is 12.2 Å². The summed E-state index contributed by atoms with van der Waals surface area (Å²) in [6.07, 6.45) is 12.9. The maximum absolute atomic E-state index is 11.8. The Labute approximate surface area is 129 Å². The fraction of sp³-hybridized carbons (Fsp3) is 0.529. The van der Waals surface area contributed by atoms with E-state index >= 15 is 0 Å². The fourth-order valence-corrected chi connectivity index (χ4v) is 3.06. The number of hydrogen-bond donors (Lipinski definition) is 2. The van der Waals surface area contributed by atoms with Crippen molar-refractivity contribution in [3.8, 4) is 0 Å². The minimum atomic E-state index is -0.826. The van der Waals surface area contributed by atoms with Crippen LogP contribution >= 0.6 is 0 Å². The SMILES string of the molecule is O=C(/C=C/C=C/C1CCCCC1)NC1=CC(O)C2OC2C1=O. The van der Waals surface area contributed by atoms with E-state index in [-0.39, 0.29) is 17.4 Å². The first-order valence-electron chi connectivity index (χ1n) is 7.90. The molecule has 1 saturated heterocycles. The van der Waals surface area contributed by atoms with Gasteiger partial charge in [0, 0.05) is 6.08 Å². The number of carbonyl (C=O) groups is 2. The molecule has 5 nitrogen and oxygen atoms in total. The number of allylic oxidation sites excluding steroid dienone is 3. The van der Waals surface area contributed by atoms with Gasteiger partial charge in [0.2, 0.25) is 11.7 Å². The second-order valence-corrected chi connectivity index (χ2v) is 6.09. The quantitative estimate of drug-likeness (QED) is 0.467. The van der Waals surface area contributed by atoms with Crippen molar-refractivity contribution in [1.29, 1.82) is 0 Å². The van der Waals surface area contributed by atoms with Crippen molar-refractivity contribution in [2.24, 2.45) is 5.92 Å². The first-order chi connectivity index (χ1) is 10.6. The van der Waals surface area contributed by atoms with Crippen molar-refractivity contribution < 1.29 is 19.4 Å². The summed E-state index contributed by atoms with van der Waals surface area (Å²) >= 11 is 0. The normalized spacial score (nSPS) is 32.1. The third-order valence-electron chi connectivity index (χ3n) is 4.37. The molecule has 1 saturated carbocycles. The van der Waals surface area contributed by atoms with Crippen LogP contribution in [0.25, 0.3) is 0 Å². The van der Waals surface area contributed by atoms with Gasteiger partial charge < -0.3 is 15.2 Å². The van der Waals surface area contributed by atoms with Crippen molar-refractivity contribution in [2.75, 3.05) is 0 Å². The zero-order chi connectivity index (χ0) is 15.5. The van der Waals surface area contributed by atoms with E-state index in [0.29, 0.717) is 5.92 Å². The van der Waals surface area contributed by atoms with E-state index in [4.69, 9.17) is 4.74 Å². The molecular weight excluding hydrogens is 282 g/mol. The van der Waals surface area contributed by atoms with Gasteiger partial charge in [-0.2, -0.15) is 0 Å². The number of amides is 1. The van der Waals surface area contributed by atoms with E-state index in [1.807, 2.05) is 6.08 Å². The summed E-state index contributed by atoms with van der Waals surface area (Å²) in [5.74, 6) is -0.0304.